The first-order valence-electron chi connectivity index (χ1n) is 10.9. The van der Waals surface area contributed by atoms with Gasteiger partial charge in [-0.2, -0.15) is 0 Å². The largest absolute Gasteiger partial charge is 0.371 e. The van der Waals surface area contributed by atoms with E-state index in [2.05, 4.69) is 45.4 Å². The van der Waals surface area contributed by atoms with Crippen LogP contribution in [0.5, 0.6) is 0 Å². The molecule has 3 saturated heterocycles. The van der Waals surface area contributed by atoms with E-state index in [0.29, 0.717) is 18.1 Å². The van der Waals surface area contributed by atoms with Gasteiger partial charge in [-0.05, 0) is 37.0 Å². The fraction of sp³-hybridized carbons (Fsp3) is 0.500. The molecule has 0 bridgehead atoms. The van der Waals surface area contributed by atoms with E-state index < -0.39 is 0 Å². The van der Waals surface area contributed by atoms with Crippen molar-refractivity contribution in [1.29, 1.82) is 0 Å². The molecule has 0 aliphatic carbocycles. The molecule has 3 fully saturated rings. The number of rotatable bonds is 4. The van der Waals surface area contributed by atoms with E-state index >= 15 is 0 Å². The fourth-order valence-corrected chi connectivity index (χ4v) is 5.19. The van der Waals surface area contributed by atoms with Crippen molar-refractivity contribution in [3.05, 3.63) is 66.0 Å². The zero-order chi connectivity index (χ0) is 19.6. The minimum absolute atomic E-state index is 0.112. The van der Waals surface area contributed by atoms with Crippen molar-refractivity contribution >= 4 is 5.69 Å². The van der Waals surface area contributed by atoms with Crippen molar-refractivity contribution in [1.82, 2.24) is 10.2 Å². The number of nitrogens with zero attached hydrogens (tertiary/aromatic N) is 2. The molecule has 3 aliphatic heterocycles. The minimum atomic E-state index is -0.112. The standard InChI is InChI=1S/C24H30FN3O/c25-22-8-4-5-9-23(22)27-12-10-19(11-13-27)26-20-14-21-17-29-24(16-28(21)15-20)18-6-2-1-3-7-18/h1-9,19-21,24,26H,10-17H2/t20-,21+,24-/m1/s1. The predicted molar refractivity (Wildman–Crippen MR) is 114 cm³/mol. The molecule has 3 aliphatic rings. The van der Waals surface area contributed by atoms with Gasteiger partial charge in [0.2, 0.25) is 0 Å². The molecule has 4 nitrogen and oxygen atoms in total. The molecule has 0 radical (unpaired) electrons. The van der Waals surface area contributed by atoms with Crippen molar-refractivity contribution in [2.75, 3.05) is 37.7 Å². The van der Waals surface area contributed by atoms with Gasteiger partial charge in [0.05, 0.1) is 18.4 Å². The number of morpholine rings is 1. The molecule has 0 saturated carbocycles. The number of piperidine rings is 1. The number of anilines is 1. The molecule has 0 unspecified atom stereocenters. The molecule has 2 aromatic rings. The SMILES string of the molecule is Fc1ccccc1N1CCC(N[C@@H]2C[C@H]3CO[C@@H](c4ccccc4)CN3C2)CC1. The van der Waals surface area contributed by atoms with Crippen LogP contribution in [0, 0.1) is 5.82 Å². The fourth-order valence-electron chi connectivity index (χ4n) is 5.19. The molecule has 5 heteroatoms. The maximum atomic E-state index is 14.0. The second kappa shape index (κ2) is 8.42. The lowest BCUT2D eigenvalue weighted by molar-refractivity contribution is -0.0502. The molecule has 3 atom stereocenters. The molecule has 2 aromatic carbocycles. The average Bonchev–Trinajstić information content (AvgIpc) is 3.17. The van der Waals surface area contributed by atoms with Crippen molar-refractivity contribution in [2.24, 2.45) is 0 Å². The highest BCUT2D eigenvalue weighted by Crippen LogP contribution is 2.31. The molecule has 0 spiro atoms. The summed E-state index contributed by atoms with van der Waals surface area (Å²) in [6.07, 6.45) is 3.49. The third-order valence-electron chi connectivity index (χ3n) is 6.75. The second-order valence-electron chi connectivity index (χ2n) is 8.65. The predicted octanol–water partition coefficient (Wildman–Crippen LogP) is 3.60. The number of benzene rings is 2. The Kier molecular flexibility index (Phi) is 5.53. The third kappa shape index (κ3) is 4.18. The van der Waals surface area contributed by atoms with Crippen molar-refractivity contribution < 1.29 is 9.13 Å². The molecule has 29 heavy (non-hydrogen) atoms. The monoisotopic (exact) mass is 395 g/mol. The van der Waals surface area contributed by atoms with Gasteiger partial charge in [-0.25, -0.2) is 4.39 Å². The third-order valence-corrected chi connectivity index (χ3v) is 6.75. The molecule has 0 amide bonds. The number of para-hydroxylation sites is 1. The number of hydrogen-bond acceptors (Lipinski definition) is 4. The van der Waals surface area contributed by atoms with Crippen LogP contribution in [0.1, 0.15) is 30.9 Å². The molecular weight excluding hydrogens is 365 g/mol. The topological polar surface area (TPSA) is 27.7 Å². The van der Waals surface area contributed by atoms with Gasteiger partial charge in [0.25, 0.3) is 0 Å². The highest BCUT2D eigenvalue weighted by Gasteiger charge is 2.38. The van der Waals surface area contributed by atoms with Gasteiger partial charge in [-0.3, -0.25) is 4.90 Å². The van der Waals surface area contributed by atoms with Crippen LogP contribution in [-0.2, 0) is 4.74 Å². The van der Waals surface area contributed by atoms with Crippen LogP contribution < -0.4 is 10.2 Å². The Bertz CT molecular complexity index is 809. The Labute approximate surface area is 172 Å². The molecule has 0 aromatic heterocycles. The highest BCUT2D eigenvalue weighted by atomic mass is 19.1. The summed E-state index contributed by atoms with van der Waals surface area (Å²) in [5, 5.41) is 3.90. The summed E-state index contributed by atoms with van der Waals surface area (Å²) in [5.74, 6) is -0.112. The Hall–Kier alpha value is -1.95. The quantitative estimate of drug-likeness (QED) is 0.856. The Morgan fingerprint density at radius 1 is 0.897 bits per heavy atom. The van der Waals surface area contributed by atoms with E-state index in [0.717, 1.165) is 57.7 Å². The van der Waals surface area contributed by atoms with Crippen molar-refractivity contribution in [3.8, 4) is 0 Å². The Morgan fingerprint density at radius 2 is 1.66 bits per heavy atom. The van der Waals surface area contributed by atoms with E-state index in [4.69, 9.17) is 4.74 Å². The van der Waals surface area contributed by atoms with E-state index in [1.165, 1.54) is 5.56 Å². The normalized spacial score (nSPS) is 28.4. The summed E-state index contributed by atoms with van der Waals surface area (Å²) < 4.78 is 20.2. The van der Waals surface area contributed by atoms with Crippen LogP contribution >= 0.6 is 0 Å². The van der Waals surface area contributed by atoms with Gasteiger partial charge >= 0.3 is 0 Å². The summed E-state index contributed by atoms with van der Waals surface area (Å²) in [4.78, 5) is 4.79. The minimum Gasteiger partial charge on any atom is -0.371 e. The van der Waals surface area contributed by atoms with Crippen molar-refractivity contribution in [2.45, 2.75) is 43.5 Å². The summed E-state index contributed by atoms with van der Waals surface area (Å²) in [7, 11) is 0. The molecule has 3 heterocycles. The van der Waals surface area contributed by atoms with Crippen LogP contribution in [0.25, 0.3) is 0 Å². The maximum absolute atomic E-state index is 14.0. The van der Waals surface area contributed by atoms with E-state index in [9.17, 15) is 4.39 Å². The second-order valence-corrected chi connectivity index (χ2v) is 8.65. The molecule has 154 valence electrons. The summed E-state index contributed by atoms with van der Waals surface area (Å²) in [6.45, 7) is 4.74. The van der Waals surface area contributed by atoms with Gasteiger partial charge in [0.1, 0.15) is 5.82 Å². The summed E-state index contributed by atoms with van der Waals surface area (Å²) >= 11 is 0. The molecule has 1 N–H and O–H groups in total. The summed E-state index contributed by atoms with van der Waals surface area (Å²) in [5.41, 5.74) is 2.02. The first-order chi connectivity index (χ1) is 14.3. The lowest BCUT2D eigenvalue weighted by Gasteiger charge is -2.35. The van der Waals surface area contributed by atoms with Crippen LogP contribution in [-0.4, -0.2) is 55.8 Å². The van der Waals surface area contributed by atoms with Gasteiger partial charge in [-0.1, -0.05) is 42.5 Å². The van der Waals surface area contributed by atoms with E-state index in [1.54, 1.807) is 12.1 Å². The summed E-state index contributed by atoms with van der Waals surface area (Å²) in [6, 6.07) is 19.3. The number of hydrogen-bond donors (Lipinski definition) is 1. The van der Waals surface area contributed by atoms with Crippen LogP contribution in [0.3, 0.4) is 0 Å². The number of nitrogens with one attached hydrogen (secondary N) is 1. The Balaban J connectivity index is 1.12. The van der Waals surface area contributed by atoms with Gasteiger partial charge < -0.3 is 15.0 Å². The lowest BCUT2D eigenvalue weighted by Crippen LogP contribution is -2.47. The average molecular weight is 396 g/mol. The smallest absolute Gasteiger partial charge is 0.146 e. The molecular formula is C24H30FN3O. The van der Waals surface area contributed by atoms with Crippen molar-refractivity contribution in [3.63, 3.8) is 0 Å². The van der Waals surface area contributed by atoms with Crippen LogP contribution in [0.4, 0.5) is 10.1 Å². The number of ether oxygens (including phenoxy) is 1. The number of halogens is 1. The van der Waals surface area contributed by atoms with E-state index in [-0.39, 0.29) is 11.9 Å². The zero-order valence-electron chi connectivity index (χ0n) is 16.8. The van der Waals surface area contributed by atoms with Gasteiger partial charge in [-0.15, -0.1) is 0 Å². The van der Waals surface area contributed by atoms with Crippen LogP contribution in [0.15, 0.2) is 54.6 Å². The Morgan fingerprint density at radius 3 is 2.45 bits per heavy atom. The zero-order valence-corrected chi connectivity index (χ0v) is 16.8. The highest BCUT2D eigenvalue weighted by molar-refractivity contribution is 5.47. The van der Waals surface area contributed by atoms with Gasteiger partial charge in [0.15, 0.2) is 0 Å². The first kappa shape index (κ1) is 19.0. The van der Waals surface area contributed by atoms with Crippen LogP contribution in [0.2, 0.25) is 0 Å². The number of fused-ring (bicyclic) bond motifs is 1. The van der Waals surface area contributed by atoms with E-state index in [1.807, 2.05) is 12.1 Å². The van der Waals surface area contributed by atoms with Gasteiger partial charge in [0, 0.05) is 44.3 Å². The molecule has 5 rings (SSSR count). The lowest BCUT2D eigenvalue weighted by atomic mass is 10.0. The first-order valence-corrected chi connectivity index (χ1v) is 10.9. The maximum Gasteiger partial charge on any atom is 0.146 e.